The monoisotopic (exact) mass is 240 g/mol. The first kappa shape index (κ1) is 10.8. The zero-order valence-corrected chi connectivity index (χ0v) is 9.45. The predicted octanol–water partition coefficient (Wildman–Crippen LogP) is 1.23. The van der Waals surface area contributed by atoms with Crippen LogP contribution in [-0.2, 0) is 14.1 Å². The number of aromatic nitrogens is 2. The smallest absolute Gasteiger partial charge is 0.335 e. The SMILES string of the molecule is Cn1c(=O)n(C)c2c(Cl)cc(C(=O)O)cc21. The van der Waals surface area contributed by atoms with Gasteiger partial charge in [-0.1, -0.05) is 11.6 Å². The molecule has 0 radical (unpaired) electrons. The average Bonchev–Trinajstić information content (AvgIpc) is 2.44. The van der Waals surface area contributed by atoms with Crippen LogP contribution in [0, 0.1) is 0 Å². The Morgan fingerprint density at radius 1 is 1.31 bits per heavy atom. The molecule has 0 aliphatic carbocycles. The van der Waals surface area contributed by atoms with Crippen molar-refractivity contribution in [2.45, 2.75) is 0 Å². The van der Waals surface area contributed by atoms with E-state index in [1.54, 1.807) is 14.1 Å². The molecular formula is C10H9ClN2O3. The highest BCUT2D eigenvalue weighted by Gasteiger charge is 2.14. The summed E-state index contributed by atoms with van der Waals surface area (Å²) in [5.74, 6) is -1.07. The molecule has 1 aromatic heterocycles. The lowest BCUT2D eigenvalue weighted by Crippen LogP contribution is -2.19. The van der Waals surface area contributed by atoms with Crippen LogP contribution in [-0.4, -0.2) is 20.2 Å². The molecule has 0 aliphatic heterocycles. The molecule has 0 unspecified atom stereocenters. The van der Waals surface area contributed by atoms with Crippen LogP contribution in [0.2, 0.25) is 5.02 Å². The van der Waals surface area contributed by atoms with Gasteiger partial charge >= 0.3 is 11.7 Å². The largest absolute Gasteiger partial charge is 0.478 e. The highest BCUT2D eigenvalue weighted by Crippen LogP contribution is 2.24. The van der Waals surface area contributed by atoms with E-state index in [2.05, 4.69) is 0 Å². The third kappa shape index (κ3) is 1.32. The molecule has 0 aliphatic rings. The summed E-state index contributed by atoms with van der Waals surface area (Å²) in [5, 5.41) is 9.14. The molecule has 2 aromatic rings. The van der Waals surface area contributed by atoms with Gasteiger partial charge in [0.2, 0.25) is 0 Å². The van der Waals surface area contributed by atoms with Crippen molar-refractivity contribution in [3.8, 4) is 0 Å². The number of aromatic carboxylic acids is 1. The number of imidazole rings is 1. The van der Waals surface area contributed by atoms with E-state index in [-0.39, 0.29) is 16.3 Å². The standard InChI is InChI=1S/C10H9ClN2O3/c1-12-7-4-5(9(14)15)3-6(11)8(7)13(2)10(12)16/h3-4H,1-2H3,(H,14,15). The van der Waals surface area contributed by atoms with Gasteiger partial charge in [-0.15, -0.1) is 0 Å². The zero-order valence-electron chi connectivity index (χ0n) is 8.69. The number of carboxylic acids is 1. The minimum Gasteiger partial charge on any atom is -0.478 e. The van der Waals surface area contributed by atoms with Gasteiger partial charge in [-0.25, -0.2) is 9.59 Å². The first-order chi connectivity index (χ1) is 7.43. The molecule has 0 saturated heterocycles. The first-order valence-corrected chi connectivity index (χ1v) is 4.89. The molecule has 0 amide bonds. The second-order valence-electron chi connectivity index (χ2n) is 3.53. The second-order valence-corrected chi connectivity index (χ2v) is 3.94. The van der Waals surface area contributed by atoms with Gasteiger partial charge in [0, 0.05) is 14.1 Å². The summed E-state index contributed by atoms with van der Waals surface area (Å²) in [5.41, 5.74) is 0.884. The summed E-state index contributed by atoms with van der Waals surface area (Å²) >= 11 is 5.96. The van der Waals surface area contributed by atoms with Crippen LogP contribution < -0.4 is 5.69 Å². The molecule has 16 heavy (non-hydrogen) atoms. The lowest BCUT2D eigenvalue weighted by molar-refractivity contribution is 0.0697. The fraction of sp³-hybridized carbons (Fsp3) is 0.200. The van der Waals surface area contributed by atoms with Crippen molar-refractivity contribution in [2.75, 3.05) is 0 Å². The van der Waals surface area contributed by atoms with Crippen LogP contribution in [0.3, 0.4) is 0 Å². The molecule has 1 N–H and O–H groups in total. The lowest BCUT2D eigenvalue weighted by atomic mass is 10.2. The van der Waals surface area contributed by atoms with E-state index in [9.17, 15) is 9.59 Å². The molecular weight excluding hydrogens is 232 g/mol. The third-order valence-corrected chi connectivity index (χ3v) is 2.85. The maximum absolute atomic E-state index is 11.6. The Bertz CT molecular complexity index is 654. The molecule has 0 bridgehead atoms. The molecule has 5 nitrogen and oxygen atoms in total. The van der Waals surface area contributed by atoms with E-state index in [1.807, 2.05) is 0 Å². The minimum absolute atomic E-state index is 0.0682. The fourth-order valence-corrected chi connectivity index (χ4v) is 2.06. The molecule has 0 fully saturated rings. The van der Waals surface area contributed by atoms with Gasteiger partial charge in [-0.05, 0) is 12.1 Å². The van der Waals surface area contributed by atoms with Crippen molar-refractivity contribution in [2.24, 2.45) is 14.1 Å². The average molecular weight is 241 g/mol. The molecule has 2 rings (SSSR count). The number of rotatable bonds is 1. The quantitative estimate of drug-likeness (QED) is 0.815. The summed E-state index contributed by atoms with van der Waals surface area (Å²) in [6, 6.07) is 2.77. The summed E-state index contributed by atoms with van der Waals surface area (Å²) < 4.78 is 2.76. The van der Waals surface area contributed by atoms with Crippen molar-refractivity contribution < 1.29 is 9.90 Å². The molecule has 84 valence electrons. The van der Waals surface area contributed by atoms with Crippen LogP contribution >= 0.6 is 11.6 Å². The van der Waals surface area contributed by atoms with Gasteiger partial charge in [0.1, 0.15) is 0 Å². The Kier molecular flexibility index (Phi) is 2.27. The third-order valence-electron chi connectivity index (χ3n) is 2.56. The number of nitrogens with zero attached hydrogens (tertiary/aromatic N) is 2. The zero-order chi connectivity index (χ0) is 12.0. The molecule has 1 aromatic carbocycles. The Morgan fingerprint density at radius 2 is 1.94 bits per heavy atom. The molecule has 1 heterocycles. The van der Waals surface area contributed by atoms with Crippen LogP contribution in [0.1, 0.15) is 10.4 Å². The van der Waals surface area contributed by atoms with Gasteiger partial charge in [0.25, 0.3) is 0 Å². The maximum atomic E-state index is 11.6. The van der Waals surface area contributed by atoms with E-state index < -0.39 is 5.97 Å². The van der Waals surface area contributed by atoms with Crippen molar-refractivity contribution in [1.82, 2.24) is 9.13 Å². The molecule has 0 spiro atoms. The van der Waals surface area contributed by atoms with Crippen LogP contribution in [0.25, 0.3) is 11.0 Å². The van der Waals surface area contributed by atoms with Crippen molar-refractivity contribution in [1.29, 1.82) is 0 Å². The summed E-state index contributed by atoms with van der Waals surface area (Å²) in [4.78, 5) is 22.5. The molecule has 0 saturated carbocycles. The minimum atomic E-state index is -1.07. The van der Waals surface area contributed by atoms with Crippen LogP contribution in [0.15, 0.2) is 16.9 Å². The molecule has 0 atom stereocenters. The Morgan fingerprint density at radius 3 is 2.50 bits per heavy atom. The first-order valence-electron chi connectivity index (χ1n) is 4.51. The van der Waals surface area contributed by atoms with Gasteiger partial charge in [0.15, 0.2) is 0 Å². The molecule has 6 heteroatoms. The van der Waals surface area contributed by atoms with Gasteiger partial charge in [-0.2, -0.15) is 0 Å². The maximum Gasteiger partial charge on any atom is 0.335 e. The summed E-state index contributed by atoms with van der Waals surface area (Å²) in [6.45, 7) is 0. The normalized spacial score (nSPS) is 10.9. The van der Waals surface area contributed by atoms with E-state index in [0.717, 1.165) is 0 Å². The highest BCUT2D eigenvalue weighted by molar-refractivity contribution is 6.35. The summed E-state index contributed by atoms with van der Waals surface area (Å²) in [7, 11) is 3.17. The van der Waals surface area contributed by atoms with Gasteiger partial charge < -0.3 is 5.11 Å². The highest BCUT2D eigenvalue weighted by atomic mass is 35.5. The van der Waals surface area contributed by atoms with E-state index in [4.69, 9.17) is 16.7 Å². The van der Waals surface area contributed by atoms with E-state index in [0.29, 0.717) is 11.0 Å². The number of fused-ring (bicyclic) bond motifs is 1. The number of hydrogen-bond donors (Lipinski definition) is 1. The lowest BCUT2D eigenvalue weighted by Gasteiger charge is -2.00. The number of benzene rings is 1. The number of carbonyl (C=O) groups is 1. The number of aryl methyl sites for hydroxylation is 2. The van der Waals surface area contributed by atoms with Crippen molar-refractivity contribution >= 4 is 28.6 Å². The Labute approximate surface area is 95.5 Å². The van der Waals surface area contributed by atoms with E-state index in [1.165, 1.54) is 21.3 Å². The van der Waals surface area contributed by atoms with Gasteiger partial charge in [-0.3, -0.25) is 9.13 Å². The number of halogens is 1. The predicted molar refractivity (Wildman–Crippen MR) is 60.1 cm³/mol. The van der Waals surface area contributed by atoms with E-state index >= 15 is 0 Å². The number of hydrogen-bond acceptors (Lipinski definition) is 2. The second kappa shape index (κ2) is 3.38. The van der Waals surface area contributed by atoms with Crippen LogP contribution in [0.4, 0.5) is 0 Å². The van der Waals surface area contributed by atoms with Crippen LogP contribution in [0.5, 0.6) is 0 Å². The Hall–Kier alpha value is -1.75. The fourth-order valence-electron chi connectivity index (χ4n) is 1.72. The van der Waals surface area contributed by atoms with Crippen molar-refractivity contribution in [3.63, 3.8) is 0 Å². The Balaban J connectivity index is 2.99. The van der Waals surface area contributed by atoms with Gasteiger partial charge in [0.05, 0.1) is 21.6 Å². The topological polar surface area (TPSA) is 64.2 Å². The number of carboxylic acid groups (broad SMARTS) is 1. The van der Waals surface area contributed by atoms with Crippen molar-refractivity contribution in [3.05, 3.63) is 33.2 Å². The summed E-state index contributed by atoms with van der Waals surface area (Å²) in [6.07, 6.45) is 0.